The molecular formula is C11H25NO2S. The first-order valence-corrected chi connectivity index (χ1v) is 7.56. The summed E-state index contributed by atoms with van der Waals surface area (Å²) >= 11 is 0. The molecule has 0 aliphatic rings. The molecule has 92 valence electrons. The van der Waals surface area contributed by atoms with Crippen LogP contribution in [0.2, 0.25) is 0 Å². The Morgan fingerprint density at radius 2 is 1.67 bits per heavy atom. The lowest BCUT2D eigenvalue weighted by Crippen LogP contribution is -2.39. The van der Waals surface area contributed by atoms with Gasteiger partial charge in [-0.25, -0.2) is 8.42 Å². The lowest BCUT2D eigenvalue weighted by molar-refractivity contribution is 0.345. The van der Waals surface area contributed by atoms with Crippen molar-refractivity contribution in [2.45, 2.75) is 59.4 Å². The van der Waals surface area contributed by atoms with Crippen LogP contribution in [0, 0.1) is 0 Å². The van der Waals surface area contributed by atoms with Gasteiger partial charge in [-0.1, -0.05) is 26.7 Å². The van der Waals surface area contributed by atoms with Crippen LogP contribution in [0.15, 0.2) is 0 Å². The van der Waals surface area contributed by atoms with Gasteiger partial charge in [-0.2, -0.15) is 4.31 Å². The standard InChI is InChI=1S/C11H25NO2S/c1-5-7-8-9-12(11(3)4)15(13,14)10-6-2/h11H,5-10H2,1-4H3. The first kappa shape index (κ1) is 14.9. The topological polar surface area (TPSA) is 37.4 Å². The number of sulfonamides is 1. The molecule has 0 rings (SSSR count). The van der Waals surface area contributed by atoms with Gasteiger partial charge in [0.05, 0.1) is 5.75 Å². The minimum atomic E-state index is -3.02. The van der Waals surface area contributed by atoms with E-state index >= 15 is 0 Å². The van der Waals surface area contributed by atoms with Crippen LogP contribution in [0.3, 0.4) is 0 Å². The molecular weight excluding hydrogens is 210 g/mol. The summed E-state index contributed by atoms with van der Waals surface area (Å²) in [5.41, 5.74) is 0. The zero-order valence-corrected chi connectivity index (χ0v) is 11.3. The third-order valence-electron chi connectivity index (χ3n) is 2.38. The van der Waals surface area contributed by atoms with Crippen molar-refractivity contribution in [2.75, 3.05) is 12.3 Å². The van der Waals surface area contributed by atoms with E-state index in [2.05, 4.69) is 6.92 Å². The maximum Gasteiger partial charge on any atom is 0.214 e. The largest absolute Gasteiger partial charge is 0.214 e. The van der Waals surface area contributed by atoms with E-state index in [-0.39, 0.29) is 11.8 Å². The fraction of sp³-hybridized carbons (Fsp3) is 1.00. The molecule has 0 saturated carbocycles. The molecule has 0 aliphatic carbocycles. The molecule has 0 aromatic heterocycles. The van der Waals surface area contributed by atoms with Crippen LogP contribution < -0.4 is 0 Å². The third-order valence-corrected chi connectivity index (χ3v) is 4.62. The molecule has 0 heterocycles. The van der Waals surface area contributed by atoms with E-state index in [1.165, 1.54) is 0 Å². The number of rotatable bonds is 8. The third kappa shape index (κ3) is 5.52. The van der Waals surface area contributed by atoms with E-state index < -0.39 is 10.0 Å². The van der Waals surface area contributed by atoms with E-state index in [0.717, 1.165) is 19.3 Å². The molecule has 0 atom stereocenters. The molecule has 0 unspecified atom stereocenters. The van der Waals surface area contributed by atoms with E-state index in [4.69, 9.17) is 0 Å². The number of hydrogen-bond acceptors (Lipinski definition) is 2. The SMILES string of the molecule is CCCCCN(C(C)C)S(=O)(=O)CCC. The summed E-state index contributed by atoms with van der Waals surface area (Å²) in [6.45, 7) is 8.59. The second-order valence-corrected chi connectivity index (χ2v) is 6.27. The summed E-state index contributed by atoms with van der Waals surface area (Å²) in [7, 11) is -3.02. The van der Waals surface area contributed by atoms with Crippen molar-refractivity contribution < 1.29 is 8.42 Å². The summed E-state index contributed by atoms with van der Waals surface area (Å²) in [4.78, 5) is 0. The second kappa shape index (κ2) is 7.23. The highest BCUT2D eigenvalue weighted by atomic mass is 32.2. The molecule has 4 heteroatoms. The lowest BCUT2D eigenvalue weighted by Gasteiger charge is -2.25. The van der Waals surface area contributed by atoms with Crippen LogP contribution in [0.5, 0.6) is 0 Å². The quantitative estimate of drug-likeness (QED) is 0.606. The highest BCUT2D eigenvalue weighted by molar-refractivity contribution is 7.89. The molecule has 0 bridgehead atoms. The van der Waals surface area contributed by atoms with Crippen LogP contribution in [-0.4, -0.2) is 31.1 Å². The van der Waals surface area contributed by atoms with Gasteiger partial charge in [0, 0.05) is 12.6 Å². The maximum absolute atomic E-state index is 11.9. The zero-order chi connectivity index (χ0) is 11.9. The molecule has 0 radical (unpaired) electrons. The fourth-order valence-electron chi connectivity index (χ4n) is 1.61. The second-order valence-electron chi connectivity index (χ2n) is 4.23. The van der Waals surface area contributed by atoms with Gasteiger partial charge in [-0.15, -0.1) is 0 Å². The van der Waals surface area contributed by atoms with E-state index in [1.54, 1.807) is 4.31 Å². The minimum absolute atomic E-state index is 0.0819. The summed E-state index contributed by atoms with van der Waals surface area (Å²) in [5, 5.41) is 0. The molecule has 0 aliphatic heterocycles. The Labute approximate surface area is 94.9 Å². The average molecular weight is 235 g/mol. The van der Waals surface area contributed by atoms with Gasteiger partial charge in [0.25, 0.3) is 0 Å². The summed E-state index contributed by atoms with van der Waals surface area (Å²) < 4.78 is 25.4. The Morgan fingerprint density at radius 1 is 1.07 bits per heavy atom. The Bertz CT molecular complexity index is 247. The van der Waals surface area contributed by atoms with Crippen LogP contribution in [0.4, 0.5) is 0 Å². The Kier molecular flexibility index (Phi) is 7.18. The van der Waals surface area contributed by atoms with Gasteiger partial charge in [0.2, 0.25) is 10.0 Å². The fourth-order valence-corrected chi connectivity index (χ4v) is 3.41. The van der Waals surface area contributed by atoms with Crippen molar-refractivity contribution in [3.8, 4) is 0 Å². The van der Waals surface area contributed by atoms with Gasteiger partial charge in [0.15, 0.2) is 0 Å². The van der Waals surface area contributed by atoms with Gasteiger partial charge in [-0.3, -0.25) is 0 Å². The monoisotopic (exact) mass is 235 g/mol. The predicted octanol–water partition coefficient (Wildman–Crippen LogP) is 2.63. The van der Waals surface area contributed by atoms with Crippen molar-refractivity contribution in [1.82, 2.24) is 4.31 Å². The van der Waals surface area contributed by atoms with Gasteiger partial charge >= 0.3 is 0 Å². The van der Waals surface area contributed by atoms with Crippen LogP contribution >= 0.6 is 0 Å². The highest BCUT2D eigenvalue weighted by Gasteiger charge is 2.22. The minimum Gasteiger partial charge on any atom is -0.212 e. The summed E-state index contributed by atoms with van der Waals surface area (Å²) in [5.74, 6) is 0.275. The molecule has 0 spiro atoms. The number of nitrogens with zero attached hydrogens (tertiary/aromatic N) is 1. The summed E-state index contributed by atoms with van der Waals surface area (Å²) in [6, 6.07) is 0.0819. The predicted molar refractivity (Wildman–Crippen MR) is 65.4 cm³/mol. The first-order chi connectivity index (χ1) is 6.95. The molecule has 0 fully saturated rings. The Morgan fingerprint density at radius 3 is 2.07 bits per heavy atom. The van der Waals surface area contributed by atoms with Crippen LogP contribution in [-0.2, 0) is 10.0 Å². The van der Waals surface area contributed by atoms with Gasteiger partial charge < -0.3 is 0 Å². The average Bonchev–Trinajstić information content (AvgIpc) is 2.11. The number of hydrogen-bond donors (Lipinski definition) is 0. The van der Waals surface area contributed by atoms with Crippen molar-refractivity contribution >= 4 is 10.0 Å². The molecule has 3 nitrogen and oxygen atoms in total. The lowest BCUT2D eigenvalue weighted by atomic mass is 10.2. The molecule has 15 heavy (non-hydrogen) atoms. The van der Waals surface area contributed by atoms with Gasteiger partial charge in [-0.05, 0) is 26.7 Å². The van der Waals surface area contributed by atoms with E-state index in [0.29, 0.717) is 13.0 Å². The van der Waals surface area contributed by atoms with Crippen LogP contribution in [0.1, 0.15) is 53.4 Å². The first-order valence-electron chi connectivity index (χ1n) is 5.95. The van der Waals surface area contributed by atoms with Crippen molar-refractivity contribution in [2.24, 2.45) is 0 Å². The highest BCUT2D eigenvalue weighted by Crippen LogP contribution is 2.11. The van der Waals surface area contributed by atoms with Crippen molar-refractivity contribution in [1.29, 1.82) is 0 Å². The molecule has 0 aromatic carbocycles. The number of unbranched alkanes of at least 4 members (excludes halogenated alkanes) is 2. The molecule has 0 saturated heterocycles. The smallest absolute Gasteiger partial charge is 0.212 e. The summed E-state index contributed by atoms with van der Waals surface area (Å²) in [6.07, 6.45) is 3.89. The zero-order valence-electron chi connectivity index (χ0n) is 10.5. The van der Waals surface area contributed by atoms with Gasteiger partial charge in [0.1, 0.15) is 0 Å². The van der Waals surface area contributed by atoms with Crippen molar-refractivity contribution in [3.63, 3.8) is 0 Å². The normalized spacial score (nSPS) is 12.7. The molecule has 0 amide bonds. The Balaban J connectivity index is 4.38. The molecule has 0 N–H and O–H groups in total. The van der Waals surface area contributed by atoms with E-state index in [1.807, 2.05) is 20.8 Å². The van der Waals surface area contributed by atoms with Crippen molar-refractivity contribution in [3.05, 3.63) is 0 Å². The molecule has 0 aromatic rings. The van der Waals surface area contributed by atoms with Crippen LogP contribution in [0.25, 0.3) is 0 Å². The Hall–Kier alpha value is -0.0900. The van der Waals surface area contributed by atoms with E-state index in [9.17, 15) is 8.42 Å². The maximum atomic E-state index is 11.9.